The lowest BCUT2D eigenvalue weighted by molar-refractivity contribution is 0.415. The van der Waals surface area contributed by atoms with Crippen LogP contribution in [0.25, 0.3) is 22.0 Å². The largest absolute Gasteiger partial charge is 0.497 e. The van der Waals surface area contributed by atoms with Crippen LogP contribution < -0.4 is 10.1 Å². The van der Waals surface area contributed by atoms with Gasteiger partial charge in [0.2, 0.25) is 0 Å². The number of ether oxygens (including phenoxy) is 1. The highest BCUT2D eigenvalue weighted by atomic mass is 35.5. The van der Waals surface area contributed by atoms with Crippen molar-refractivity contribution in [1.29, 1.82) is 0 Å². The van der Waals surface area contributed by atoms with Gasteiger partial charge in [-0.15, -0.1) is 10.2 Å². The molecule has 0 fully saturated rings. The van der Waals surface area contributed by atoms with Crippen LogP contribution in [0.3, 0.4) is 0 Å². The Hall–Kier alpha value is -3.11. The molecule has 0 spiro atoms. The number of nitrogens with zero attached hydrogens (tertiary/aromatic N) is 2. The van der Waals surface area contributed by atoms with E-state index >= 15 is 0 Å². The fraction of sp³-hybridized carbons (Fsp3) is 0.0476. The Labute approximate surface area is 156 Å². The Bertz CT molecular complexity index is 1060. The quantitative estimate of drug-likeness (QED) is 0.506. The molecule has 4 rings (SSSR count). The van der Waals surface area contributed by atoms with Gasteiger partial charge < -0.3 is 10.1 Å². The maximum absolute atomic E-state index is 6.07. The fourth-order valence-electron chi connectivity index (χ4n) is 2.86. The third kappa shape index (κ3) is 3.19. The number of benzene rings is 3. The summed E-state index contributed by atoms with van der Waals surface area (Å²) in [5.41, 5.74) is 2.69. The molecular weight excluding hydrogens is 346 g/mol. The van der Waals surface area contributed by atoms with Crippen LogP contribution in [-0.4, -0.2) is 17.3 Å². The highest BCUT2D eigenvalue weighted by Gasteiger charge is 2.11. The third-order valence-corrected chi connectivity index (χ3v) is 4.37. The molecule has 1 N–H and O–H groups in total. The van der Waals surface area contributed by atoms with Crippen LogP contribution in [0.15, 0.2) is 72.8 Å². The monoisotopic (exact) mass is 361 g/mol. The van der Waals surface area contributed by atoms with Crippen LogP contribution in [0, 0.1) is 0 Å². The third-order valence-electron chi connectivity index (χ3n) is 4.14. The van der Waals surface area contributed by atoms with Gasteiger partial charge in [-0.3, -0.25) is 0 Å². The predicted octanol–water partition coefficient (Wildman–Crippen LogP) is 5.70. The number of halogens is 1. The lowest BCUT2D eigenvalue weighted by Gasteiger charge is -2.11. The lowest BCUT2D eigenvalue weighted by atomic mass is 10.0. The van der Waals surface area contributed by atoms with Crippen molar-refractivity contribution in [2.75, 3.05) is 12.4 Å². The van der Waals surface area contributed by atoms with Crippen LogP contribution in [0.2, 0.25) is 5.02 Å². The molecule has 0 radical (unpaired) electrons. The summed E-state index contributed by atoms with van der Waals surface area (Å²) in [5.74, 6) is 1.50. The van der Waals surface area contributed by atoms with E-state index in [1.807, 2.05) is 72.8 Å². The molecule has 0 aliphatic carbocycles. The van der Waals surface area contributed by atoms with E-state index in [0.29, 0.717) is 10.8 Å². The molecule has 0 saturated carbocycles. The van der Waals surface area contributed by atoms with E-state index in [2.05, 4.69) is 15.5 Å². The number of hydrogen-bond donors (Lipinski definition) is 1. The number of anilines is 2. The van der Waals surface area contributed by atoms with Crippen molar-refractivity contribution >= 4 is 33.9 Å². The van der Waals surface area contributed by atoms with Crippen molar-refractivity contribution < 1.29 is 4.74 Å². The standard InChI is InChI=1S/C21H16ClN3O/c1-26-17-11-9-14(10-12-17)20-18-7-2-3-8-19(18)21(25-24-20)23-16-6-4-5-15(22)13-16/h2-13H,1H3,(H,23,25). The van der Waals surface area contributed by atoms with E-state index in [1.54, 1.807) is 7.11 Å². The first kappa shape index (κ1) is 16.4. The van der Waals surface area contributed by atoms with Crippen molar-refractivity contribution in [3.63, 3.8) is 0 Å². The van der Waals surface area contributed by atoms with E-state index in [-0.39, 0.29) is 0 Å². The molecule has 5 heteroatoms. The molecule has 26 heavy (non-hydrogen) atoms. The van der Waals surface area contributed by atoms with Crippen LogP contribution in [0.4, 0.5) is 11.5 Å². The van der Waals surface area contributed by atoms with Crippen molar-refractivity contribution in [1.82, 2.24) is 10.2 Å². The summed E-state index contributed by atoms with van der Waals surface area (Å²) in [6.07, 6.45) is 0. The molecule has 1 heterocycles. The second kappa shape index (κ2) is 7.02. The number of fused-ring (bicyclic) bond motifs is 1. The second-order valence-electron chi connectivity index (χ2n) is 5.81. The molecule has 4 nitrogen and oxygen atoms in total. The van der Waals surface area contributed by atoms with Crippen molar-refractivity contribution in [2.45, 2.75) is 0 Å². The molecule has 1 aromatic heterocycles. The van der Waals surface area contributed by atoms with Crippen LogP contribution in [-0.2, 0) is 0 Å². The van der Waals surface area contributed by atoms with E-state index in [9.17, 15) is 0 Å². The summed E-state index contributed by atoms with van der Waals surface area (Å²) in [6.45, 7) is 0. The van der Waals surface area contributed by atoms with Crippen molar-refractivity contribution in [2.24, 2.45) is 0 Å². The number of hydrogen-bond acceptors (Lipinski definition) is 4. The van der Waals surface area contributed by atoms with Crippen molar-refractivity contribution in [3.8, 4) is 17.0 Å². The Balaban J connectivity index is 1.80. The minimum atomic E-state index is 0.669. The molecule has 0 bridgehead atoms. The van der Waals surface area contributed by atoms with Gasteiger partial charge in [0, 0.05) is 27.0 Å². The zero-order valence-corrected chi connectivity index (χ0v) is 14.9. The number of rotatable bonds is 4. The maximum atomic E-state index is 6.07. The highest BCUT2D eigenvalue weighted by molar-refractivity contribution is 6.30. The first-order valence-electron chi connectivity index (χ1n) is 8.17. The number of nitrogens with one attached hydrogen (secondary N) is 1. The predicted molar refractivity (Wildman–Crippen MR) is 106 cm³/mol. The van der Waals surface area contributed by atoms with E-state index in [0.717, 1.165) is 33.5 Å². The Kier molecular flexibility index (Phi) is 4.42. The molecule has 0 saturated heterocycles. The molecular formula is C21H16ClN3O. The van der Waals surface area contributed by atoms with Crippen LogP contribution in [0.1, 0.15) is 0 Å². The van der Waals surface area contributed by atoms with Crippen molar-refractivity contribution in [3.05, 3.63) is 77.8 Å². The van der Waals surface area contributed by atoms with Gasteiger partial charge in [0.25, 0.3) is 0 Å². The zero-order valence-electron chi connectivity index (χ0n) is 14.1. The maximum Gasteiger partial charge on any atom is 0.161 e. The number of aromatic nitrogens is 2. The van der Waals surface area contributed by atoms with E-state index in [1.165, 1.54) is 0 Å². The molecule has 0 aliphatic heterocycles. The van der Waals surface area contributed by atoms with Gasteiger partial charge in [-0.1, -0.05) is 41.9 Å². The SMILES string of the molecule is COc1ccc(-c2nnc(Nc3cccc(Cl)c3)c3ccccc23)cc1. The fourth-order valence-corrected chi connectivity index (χ4v) is 3.05. The van der Waals surface area contributed by atoms with Gasteiger partial charge in [-0.05, 0) is 42.5 Å². The van der Waals surface area contributed by atoms with Gasteiger partial charge in [-0.2, -0.15) is 0 Å². The van der Waals surface area contributed by atoms with Crippen LogP contribution in [0.5, 0.6) is 5.75 Å². The zero-order chi connectivity index (χ0) is 17.9. The lowest BCUT2D eigenvalue weighted by Crippen LogP contribution is -1.99. The van der Waals surface area contributed by atoms with Gasteiger partial charge in [-0.25, -0.2) is 0 Å². The minimum Gasteiger partial charge on any atom is -0.497 e. The average Bonchev–Trinajstić information content (AvgIpc) is 2.68. The Morgan fingerprint density at radius 1 is 0.846 bits per heavy atom. The van der Waals surface area contributed by atoms with Gasteiger partial charge >= 0.3 is 0 Å². The molecule has 3 aromatic carbocycles. The topological polar surface area (TPSA) is 47.0 Å². The normalized spacial score (nSPS) is 10.7. The molecule has 0 amide bonds. The Morgan fingerprint density at radius 2 is 1.62 bits per heavy atom. The molecule has 0 aliphatic rings. The molecule has 4 aromatic rings. The van der Waals surface area contributed by atoms with E-state index in [4.69, 9.17) is 16.3 Å². The second-order valence-corrected chi connectivity index (χ2v) is 6.24. The molecule has 0 unspecified atom stereocenters. The first-order chi connectivity index (χ1) is 12.7. The summed E-state index contributed by atoms with van der Waals surface area (Å²) in [5, 5.41) is 14.9. The van der Waals surface area contributed by atoms with Gasteiger partial charge in [0.05, 0.1) is 7.11 Å². The summed E-state index contributed by atoms with van der Waals surface area (Å²) in [7, 11) is 1.65. The molecule has 0 atom stereocenters. The summed E-state index contributed by atoms with van der Waals surface area (Å²) >= 11 is 6.07. The highest BCUT2D eigenvalue weighted by Crippen LogP contribution is 2.32. The van der Waals surface area contributed by atoms with Gasteiger partial charge in [0.15, 0.2) is 5.82 Å². The number of methoxy groups -OCH3 is 1. The smallest absolute Gasteiger partial charge is 0.161 e. The molecule has 128 valence electrons. The summed E-state index contributed by atoms with van der Waals surface area (Å²) in [4.78, 5) is 0. The van der Waals surface area contributed by atoms with E-state index < -0.39 is 0 Å². The minimum absolute atomic E-state index is 0.669. The average molecular weight is 362 g/mol. The summed E-state index contributed by atoms with van der Waals surface area (Å²) < 4.78 is 5.23. The van der Waals surface area contributed by atoms with Crippen LogP contribution >= 0.6 is 11.6 Å². The Morgan fingerprint density at radius 3 is 2.35 bits per heavy atom. The van der Waals surface area contributed by atoms with Gasteiger partial charge in [0.1, 0.15) is 11.4 Å². The first-order valence-corrected chi connectivity index (χ1v) is 8.55. The summed E-state index contributed by atoms with van der Waals surface area (Å²) in [6, 6.07) is 23.4.